The van der Waals surface area contributed by atoms with Crippen molar-refractivity contribution >= 4 is 17.3 Å². The summed E-state index contributed by atoms with van der Waals surface area (Å²) >= 11 is 0. The van der Waals surface area contributed by atoms with Crippen LogP contribution in [0.4, 0.5) is 15.8 Å². The molecule has 2 aromatic rings. The van der Waals surface area contributed by atoms with Crippen LogP contribution in [-0.4, -0.2) is 10.8 Å². The van der Waals surface area contributed by atoms with E-state index in [0.29, 0.717) is 17.7 Å². The highest BCUT2D eigenvalue weighted by atomic mass is 19.1. The number of benzene rings is 2. The lowest BCUT2D eigenvalue weighted by atomic mass is 10.1. The third-order valence-corrected chi connectivity index (χ3v) is 4.19. The quantitative estimate of drug-likeness (QED) is 0.689. The first-order chi connectivity index (χ1) is 11.0. The molecule has 5 nitrogen and oxygen atoms in total. The van der Waals surface area contributed by atoms with E-state index in [-0.39, 0.29) is 29.2 Å². The molecule has 0 heterocycles. The van der Waals surface area contributed by atoms with Crippen LogP contribution in [0.5, 0.6) is 0 Å². The Kier molecular flexibility index (Phi) is 3.82. The highest BCUT2D eigenvalue weighted by Crippen LogP contribution is 2.48. The Morgan fingerprint density at radius 3 is 2.61 bits per heavy atom. The van der Waals surface area contributed by atoms with Crippen molar-refractivity contribution in [2.75, 3.05) is 5.32 Å². The van der Waals surface area contributed by atoms with Crippen LogP contribution in [0.3, 0.4) is 0 Å². The molecule has 1 N–H and O–H groups in total. The number of halogens is 1. The second kappa shape index (κ2) is 5.79. The number of carbonyl (C=O) groups is 1. The van der Waals surface area contributed by atoms with Gasteiger partial charge >= 0.3 is 0 Å². The van der Waals surface area contributed by atoms with E-state index in [1.807, 2.05) is 0 Å². The summed E-state index contributed by atoms with van der Waals surface area (Å²) < 4.78 is 12.9. The van der Waals surface area contributed by atoms with Gasteiger partial charge in [-0.15, -0.1) is 0 Å². The Morgan fingerprint density at radius 2 is 1.96 bits per heavy atom. The van der Waals surface area contributed by atoms with Crippen LogP contribution < -0.4 is 5.32 Å². The Balaban J connectivity index is 1.71. The van der Waals surface area contributed by atoms with Crippen molar-refractivity contribution in [3.63, 3.8) is 0 Å². The van der Waals surface area contributed by atoms with Gasteiger partial charge in [-0.2, -0.15) is 0 Å². The van der Waals surface area contributed by atoms with Gasteiger partial charge in [-0.05, 0) is 43.0 Å². The largest absolute Gasteiger partial charge is 0.325 e. The third-order valence-electron chi connectivity index (χ3n) is 4.19. The van der Waals surface area contributed by atoms with Gasteiger partial charge in [0.15, 0.2) is 0 Å². The monoisotopic (exact) mass is 314 g/mol. The first-order valence-electron chi connectivity index (χ1n) is 7.27. The minimum atomic E-state index is -0.469. The lowest BCUT2D eigenvalue weighted by Gasteiger charge is -2.08. The molecule has 0 radical (unpaired) electrons. The molecule has 2 unspecified atom stereocenters. The second-order valence-electron chi connectivity index (χ2n) is 5.70. The molecule has 0 saturated heterocycles. The molecule has 0 spiro atoms. The molecule has 0 aliphatic heterocycles. The Hall–Kier alpha value is -2.76. The average Bonchev–Trinajstić information content (AvgIpc) is 3.30. The van der Waals surface area contributed by atoms with Crippen LogP contribution in [0.25, 0.3) is 0 Å². The van der Waals surface area contributed by atoms with Gasteiger partial charge in [-0.25, -0.2) is 4.39 Å². The molecular formula is C17H15FN2O3. The van der Waals surface area contributed by atoms with E-state index in [1.54, 1.807) is 31.2 Å². The Labute approximate surface area is 132 Å². The number of rotatable bonds is 4. The van der Waals surface area contributed by atoms with E-state index in [4.69, 9.17) is 0 Å². The van der Waals surface area contributed by atoms with Crippen molar-refractivity contribution < 1.29 is 14.1 Å². The summed E-state index contributed by atoms with van der Waals surface area (Å²) in [6, 6.07) is 10.7. The summed E-state index contributed by atoms with van der Waals surface area (Å²) in [5.41, 5.74) is 1.80. The van der Waals surface area contributed by atoms with Crippen LogP contribution >= 0.6 is 0 Å². The number of nitro benzene ring substituents is 1. The van der Waals surface area contributed by atoms with Crippen LogP contribution in [0.1, 0.15) is 23.5 Å². The molecule has 23 heavy (non-hydrogen) atoms. The van der Waals surface area contributed by atoms with E-state index >= 15 is 0 Å². The number of nitrogens with zero attached hydrogens (tertiary/aromatic N) is 1. The fourth-order valence-corrected chi connectivity index (χ4v) is 2.75. The van der Waals surface area contributed by atoms with Gasteiger partial charge in [0.05, 0.1) is 16.2 Å². The highest BCUT2D eigenvalue weighted by molar-refractivity contribution is 5.96. The SMILES string of the molecule is Cc1c(NC(=O)C2CC2c2ccc(F)cc2)cccc1[N+](=O)[O-]. The van der Waals surface area contributed by atoms with Crippen LogP contribution in [0.2, 0.25) is 0 Å². The van der Waals surface area contributed by atoms with Crippen molar-refractivity contribution in [1.29, 1.82) is 0 Å². The zero-order chi connectivity index (χ0) is 16.6. The fraction of sp³-hybridized carbons (Fsp3) is 0.235. The van der Waals surface area contributed by atoms with Gasteiger partial charge in [0.1, 0.15) is 5.82 Å². The third kappa shape index (κ3) is 3.06. The number of nitro groups is 1. The zero-order valence-corrected chi connectivity index (χ0v) is 12.5. The topological polar surface area (TPSA) is 72.2 Å². The molecule has 1 saturated carbocycles. The maximum Gasteiger partial charge on any atom is 0.274 e. The standard InChI is InChI=1S/C17H15FN2O3/c1-10-15(3-2-4-16(10)20(22)23)19-17(21)14-9-13(14)11-5-7-12(18)8-6-11/h2-8,13-14H,9H2,1H3,(H,19,21). The normalized spacial score (nSPS) is 19.2. The molecule has 0 aromatic heterocycles. The molecule has 2 atom stereocenters. The van der Waals surface area contributed by atoms with Crippen molar-refractivity contribution in [3.05, 3.63) is 69.5 Å². The van der Waals surface area contributed by atoms with Crippen LogP contribution in [0, 0.1) is 28.8 Å². The molecular weight excluding hydrogens is 299 g/mol. The summed E-state index contributed by atoms with van der Waals surface area (Å²) in [7, 11) is 0. The minimum Gasteiger partial charge on any atom is -0.325 e. The van der Waals surface area contributed by atoms with Crippen molar-refractivity contribution in [1.82, 2.24) is 0 Å². The molecule has 0 bridgehead atoms. The minimum absolute atomic E-state index is 0.0197. The predicted molar refractivity (Wildman–Crippen MR) is 83.7 cm³/mol. The smallest absolute Gasteiger partial charge is 0.274 e. The molecule has 1 aliphatic carbocycles. The summed E-state index contributed by atoms with van der Waals surface area (Å²) in [5, 5.41) is 13.7. The number of carbonyl (C=O) groups excluding carboxylic acids is 1. The first-order valence-corrected chi connectivity index (χ1v) is 7.27. The molecule has 1 aliphatic rings. The van der Waals surface area contributed by atoms with Crippen molar-refractivity contribution in [2.45, 2.75) is 19.3 Å². The van der Waals surface area contributed by atoms with Crippen LogP contribution in [-0.2, 0) is 4.79 Å². The average molecular weight is 314 g/mol. The molecule has 2 aromatic carbocycles. The maximum absolute atomic E-state index is 12.9. The Bertz CT molecular complexity index is 774. The molecule has 118 valence electrons. The number of hydrogen-bond donors (Lipinski definition) is 1. The van der Waals surface area contributed by atoms with E-state index in [1.165, 1.54) is 18.2 Å². The number of nitrogens with one attached hydrogen (secondary N) is 1. The van der Waals surface area contributed by atoms with Crippen molar-refractivity contribution in [2.24, 2.45) is 5.92 Å². The number of amides is 1. The highest BCUT2D eigenvalue weighted by Gasteiger charge is 2.44. The molecule has 6 heteroatoms. The van der Waals surface area contributed by atoms with E-state index < -0.39 is 4.92 Å². The summed E-state index contributed by atoms with van der Waals surface area (Å²) in [6.07, 6.45) is 0.700. The Morgan fingerprint density at radius 1 is 1.26 bits per heavy atom. The van der Waals surface area contributed by atoms with Gasteiger partial charge < -0.3 is 5.32 Å². The number of anilines is 1. The molecule has 1 amide bonds. The van der Waals surface area contributed by atoms with Gasteiger partial charge in [0.2, 0.25) is 5.91 Å². The first kappa shape index (κ1) is 15.1. The summed E-state index contributed by atoms with van der Waals surface area (Å²) in [5.74, 6) is -0.570. The predicted octanol–water partition coefficient (Wildman–Crippen LogP) is 3.78. The van der Waals surface area contributed by atoms with Gasteiger partial charge in [-0.3, -0.25) is 14.9 Å². The molecule has 3 rings (SSSR count). The van der Waals surface area contributed by atoms with Crippen molar-refractivity contribution in [3.8, 4) is 0 Å². The maximum atomic E-state index is 12.9. The van der Waals surface area contributed by atoms with E-state index in [9.17, 15) is 19.3 Å². The lowest BCUT2D eigenvalue weighted by Crippen LogP contribution is -2.15. The van der Waals surface area contributed by atoms with Gasteiger partial charge in [0.25, 0.3) is 5.69 Å². The summed E-state index contributed by atoms with van der Waals surface area (Å²) in [6.45, 7) is 1.61. The summed E-state index contributed by atoms with van der Waals surface area (Å²) in [4.78, 5) is 22.8. The lowest BCUT2D eigenvalue weighted by molar-refractivity contribution is -0.385. The van der Waals surface area contributed by atoms with Crippen LogP contribution in [0.15, 0.2) is 42.5 Å². The molecule has 1 fully saturated rings. The van der Waals surface area contributed by atoms with Gasteiger partial charge in [0, 0.05) is 12.0 Å². The zero-order valence-electron chi connectivity index (χ0n) is 12.5. The number of hydrogen-bond acceptors (Lipinski definition) is 3. The second-order valence-corrected chi connectivity index (χ2v) is 5.70. The fourth-order valence-electron chi connectivity index (χ4n) is 2.75. The van der Waals surface area contributed by atoms with E-state index in [0.717, 1.165) is 5.56 Å². The van der Waals surface area contributed by atoms with Gasteiger partial charge in [-0.1, -0.05) is 18.2 Å². The van der Waals surface area contributed by atoms with E-state index in [2.05, 4.69) is 5.32 Å².